The third kappa shape index (κ3) is 4.93. The molecule has 0 spiro atoms. The molecule has 2 heterocycles. The lowest BCUT2D eigenvalue weighted by Crippen LogP contribution is -2.42. The van der Waals surface area contributed by atoms with Crippen LogP contribution >= 0.6 is 0 Å². The van der Waals surface area contributed by atoms with E-state index in [4.69, 9.17) is 4.74 Å². The van der Waals surface area contributed by atoms with Gasteiger partial charge in [-0.15, -0.1) is 0 Å². The average molecular weight is 385 g/mol. The molecule has 0 aliphatic carbocycles. The van der Waals surface area contributed by atoms with Gasteiger partial charge in [-0.3, -0.25) is 9.48 Å². The number of carbonyl (C=O) groups excluding carboxylic acids is 1. The van der Waals surface area contributed by atoms with Gasteiger partial charge in [0.1, 0.15) is 12.4 Å². The molecule has 28 heavy (non-hydrogen) atoms. The van der Waals surface area contributed by atoms with Crippen molar-refractivity contribution in [2.45, 2.75) is 45.1 Å². The van der Waals surface area contributed by atoms with E-state index < -0.39 is 0 Å². The first-order valence-electron chi connectivity index (χ1n) is 9.97. The number of aryl methyl sites for hydroxylation is 1. The smallest absolute Gasteiger partial charge is 0.225 e. The summed E-state index contributed by atoms with van der Waals surface area (Å²) in [7, 11) is 1.90. The third-order valence-corrected chi connectivity index (χ3v) is 5.31. The Morgan fingerprint density at radius 3 is 2.64 bits per heavy atom. The number of hydrogen-bond acceptors (Lipinski definition) is 4. The summed E-state index contributed by atoms with van der Waals surface area (Å²) in [6.07, 6.45) is 3.84. The minimum atomic E-state index is -0.0854. The first kappa shape index (κ1) is 20.4. The van der Waals surface area contributed by atoms with Crippen molar-refractivity contribution < 1.29 is 9.53 Å². The second-order valence-electron chi connectivity index (χ2n) is 8.81. The molecule has 1 aromatic carbocycles. The van der Waals surface area contributed by atoms with Crippen molar-refractivity contribution in [1.82, 2.24) is 20.4 Å². The molecule has 2 aromatic rings. The molecule has 0 saturated carbocycles. The number of carbonyl (C=O) groups is 1. The fraction of sp³-hybridized carbons (Fsp3) is 0.545. The van der Waals surface area contributed by atoms with E-state index in [2.05, 4.69) is 48.6 Å². The highest BCUT2D eigenvalue weighted by molar-refractivity contribution is 5.80. The molecular formula is C22H32N4O2. The van der Waals surface area contributed by atoms with Crippen molar-refractivity contribution in [2.75, 3.05) is 19.7 Å². The number of nitrogens with one attached hydrogen (secondary N) is 2. The first-order chi connectivity index (χ1) is 13.2. The number of aromatic nitrogens is 2. The van der Waals surface area contributed by atoms with E-state index in [-0.39, 0.29) is 29.2 Å². The van der Waals surface area contributed by atoms with Gasteiger partial charge in [0.2, 0.25) is 5.91 Å². The number of ether oxygens (including phenoxy) is 1. The van der Waals surface area contributed by atoms with Crippen molar-refractivity contribution in [3.05, 3.63) is 47.8 Å². The Balaban J connectivity index is 1.51. The largest absolute Gasteiger partial charge is 0.491 e. The van der Waals surface area contributed by atoms with E-state index >= 15 is 0 Å². The molecule has 3 atom stereocenters. The molecule has 1 aliphatic rings. The van der Waals surface area contributed by atoms with Crippen LogP contribution in [0.2, 0.25) is 0 Å². The van der Waals surface area contributed by atoms with Crippen LogP contribution in [0.1, 0.15) is 44.7 Å². The van der Waals surface area contributed by atoms with Gasteiger partial charge in [-0.2, -0.15) is 5.10 Å². The van der Waals surface area contributed by atoms with Crippen LogP contribution in [0.15, 0.2) is 36.7 Å². The lowest BCUT2D eigenvalue weighted by molar-refractivity contribution is -0.125. The van der Waals surface area contributed by atoms with Crippen molar-refractivity contribution in [1.29, 1.82) is 0 Å². The Kier molecular flexibility index (Phi) is 6.08. The normalized spacial score (nSPS) is 20.8. The highest BCUT2D eigenvalue weighted by Crippen LogP contribution is 2.28. The van der Waals surface area contributed by atoms with Gasteiger partial charge < -0.3 is 15.4 Å². The lowest BCUT2D eigenvalue weighted by Gasteiger charge is -2.21. The Morgan fingerprint density at radius 1 is 1.32 bits per heavy atom. The lowest BCUT2D eigenvalue weighted by atomic mass is 9.87. The zero-order chi connectivity index (χ0) is 20.3. The van der Waals surface area contributed by atoms with Crippen molar-refractivity contribution >= 4 is 5.91 Å². The van der Waals surface area contributed by atoms with Crippen LogP contribution < -0.4 is 15.4 Å². The van der Waals surface area contributed by atoms with E-state index in [1.54, 1.807) is 4.68 Å². The van der Waals surface area contributed by atoms with Gasteiger partial charge in [-0.25, -0.2) is 0 Å². The summed E-state index contributed by atoms with van der Waals surface area (Å²) in [5.74, 6) is 0.965. The van der Waals surface area contributed by atoms with Crippen LogP contribution in [-0.4, -0.2) is 41.4 Å². The van der Waals surface area contributed by atoms with Gasteiger partial charge in [-0.1, -0.05) is 32.9 Å². The molecule has 2 N–H and O–H groups in total. The topological polar surface area (TPSA) is 68.2 Å². The highest BCUT2D eigenvalue weighted by atomic mass is 16.5. The van der Waals surface area contributed by atoms with Gasteiger partial charge in [0.25, 0.3) is 0 Å². The maximum atomic E-state index is 12.8. The van der Waals surface area contributed by atoms with E-state index in [1.807, 2.05) is 38.5 Å². The van der Waals surface area contributed by atoms with Crippen LogP contribution in [0.3, 0.4) is 0 Å². The highest BCUT2D eigenvalue weighted by Gasteiger charge is 2.35. The van der Waals surface area contributed by atoms with Crippen molar-refractivity contribution in [3.63, 3.8) is 0 Å². The SMILES string of the molecule is CC(COc1ccc(C(C)(C)C)cc1)NC(=O)[C@H]1CNC[C@@H]1c1cnn(C)c1. The second kappa shape index (κ2) is 8.35. The maximum Gasteiger partial charge on any atom is 0.225 e. The molecular weight excluding hydrogens is 352 g/mol. The monoisotopic (exact) mass is 384 g/mol. The number of amides is 1. The molecule has 1 amide bonds. The summed E-state index contributed by atoms with van der Waals surface area (Å²) < 4.78 is 7.65. The van der Waals surface area contributed by atoms with Gasteiger partial charge >= 0.3 is 0 Å². The summed E-state index contributed by atoms with van der Waals surface area (Å²) in [5, 5.41) is 10.7. The van der Waals surface area contributed by atoms with Gasteiger partial charge in [0, 0.05) is 32.3 Å². The molecule has 1 fully saturated rings. The average Bonchev–Trinajstić information content (AvgIpc) is 3.28. The van der Waals surface area contributed by atoms with Crippen LogP contribution in [0.25, 0.3) is 0 Å². The van der Waals surface area contributed by atoms with Crippen LogP contribution in [-0.2, 0) is 17.3 Å². The predicted molar refractivity (Wildman–Crippen MR) is 111 cm³/mol. The Morgan fingerprint density at radius 2 is 2.04 bits per heavy atom. The van der Waals surface area contributed by atoms with E-state index in [0.717, 1.165) is 17.9 Å². The van der Waals surface area contributed by atoms with Crippen LogP contribution in [0.5, 0.6) is 5.75 Å². The molecule has 6 nitrogen and oxygen atoms in total. The minimum absolute atomic E-state index is 0.0649. The summed E-state index contributed by atoms with van der Waals surface area (Å²) in [6, 6.07) is 8.12. The van der Waals surface area contributed by atoms with Crippen LogP contribution in [0.4, 0.5) is 0 Å². The fourth-order valence-electron chi connectivity index (χ4n) is 3.60. The zero-order valence-corrected chi connectivity index (χ0v) is 17.5. The molecule has 1 unspecified atom stereocenters. The number of benzene rings is 1. The van der Waals surface area contributed by atoms with Crippen molar-refractivity contribution in [3.8, 4) is 5.75 Å². The predicted octanol–water partition coefficient (Wildman–Crippen LogP) is 2.60. The van der Waals surface area contributed by atoms with Crippen LogP contribution in [0, 0.1) is 5.92 Å². The molecule has 1 aliphatic heterocycles. The fourth-order valence-corrected chi connectivity index (χ4v) is 3.60. The number of rotatable bonds is 6. The van der Waals surface area contributed by atoms with Gasteiger partial charge in [0.05, 0.1) is 18.2 Å². The molecule has 0 bridgehead atoms. The summed E-state index contributed by atoms with van der Waals surface area (Å²) >= 11 is 0. The Labute approximate surface area is 167 Å². The second-order valence-corrected chi connectivity index (χ2v) is 8.81. The standard InChI is InChI=1S/C22H32N4O2/c1-15(14-28-18-8-6-17(7-9-18)22(2,3)4)25-21(27)20-12-23-11-19(20)16-10-24-26(5)13-16/h6-10,13,15,19-20,23H,11-12,14H2,1-5H3,(H,25,27)/t15?,19-,20+/m1/s1. The van der Waals surface area contributed by atoms with E-state index in [0.29, 0.717) is 13.2 Å². The zero-order valence-electron chi connectivity index (χ0n) is 17.5. The first-order valence-corrected chi connectivity index (χ1v) is 9.97. The summed E-state index contributed by atoms with van der Waals surface area (Å²) in [6.45, 7) is 10.5. The summed E-state index contributed by atoms with van der Waals surface area (Å²) in [5.41, 5.74) is 2.51. The molecule has 152 valence electrons. The van der Waals surface area contributed by atoms with Crippen molar-refractivity contribution in [2.24, 2.45) is 13.0 Å². The van der Waals surface area contributed by atoms with Gasteiger partial charge in [-0.05, 0) is 35.6 Å². The summed E-state index contributed by atoms with van der Waals surface area (Å²) in [4.78, 5) is 12.8. The molecule has 6 heteroatoms. The van der Waals surface area contributed by atoms with E-state index in [9.17, 15) is 4.79 Å². The maximum absolute atomic E-state index is 12.8. The Bertz CT molecular complexity index is 792. The van der Waals surface area contributed by atoms with Gasteiger partial charge in [0.15, 0.2) is 0 Å². The molecule has 3 rings (SSSR count). The molecule has 1 aromatic heterocycles. The number of hydrogen-bond donors (Lipinski definition) is 2. The third-order valence-electron chi connectivity index (χ3n) is 5.31. The molecule has 1 saturated heterocycles. The Hall–Kier alpha value is -2.34. The molecule has 0 radical (unpaired) electrons. The van der Waals surface area contributed by atoms with E-state index in [1.165, 1.54) is 5.56 Å². The quantitative estimate of drug-likeness (QED) is 0.803. The number of nitrogens with zero attached hydrogens (tertiary/aromatic N) is 2. The minimum Gasteiger partial charge on any atom is -0.491 e.